The quantitative estimate of drug-likeness (QED) is 0.489. The summed E-state index contributed by atoms with van der Waals surface area (Å²) in [5, 5.41) is 2.19. The van der Waals surface area contributed by atoms with Crippen LogP contribution in [0.3, 0.4) is 0 Å². The molecule has 0 spiro atoms. The average Bonchev–Trinajstić information content (AvgIpc) is 2.72. The smallest absolute Gasteiger partial charge is 0.306 e. The third-order valence-electron chi connectivity index (χ3n) is 4.63. The molecule has 154 valence electrons. The summed E-state index contributed by atoms with van der Waals surface area (Å²) >= 11 is 0. The van der Waals surface area contributed by atoms with Gasteiger partial charge in [-0.2, -0.15) is 0 Å². The van der Waals surface area contributed by atoms with E-state index in [1.54, 1.807) is 13.8 Å². The van der Waals surface area contributed by atoms with Crippen LogP contribution >= 0.6 is 0 Å². The van der Waals surface area contributed by atoms with Gasteiger partial charge < -0.3 is 9.47 Å². The lowest BCUT2D eigenvalue weighted by atomic mass is 9.99. The summed E-state index contributed by atoms with van der Waals surface area (Å²) in [6, 6.07) is 17.0. The lowest BCUT2D eigenvalue weighted by Gasteiger charge is -2.36. The fourth-order valence-corrected chi connectivity index (χ4v) is 2.77. The van der Waals surface area contributed by atoms with Crippen molar-refractivity contribution in [2.45, 2.75) is 32.4 Å². The molecular formula is C22H26N2O5. The van der Waals surface area contributed by atoms with E-state index in [1.807, 2.05) is 59.5 Å². The Balaban J connectivity index is 2.13. The van der Waals surface area contributed by atoms with Crippen molar-refractivity contribution >= 4 is 18.3 Å². The molecule has 7 heteroatoms. The maximum Gasteiger partial charge on any atom is 0.306 e. The van der Waals surface area contributed by atoms with Gasteiger partial charge in [-0.05, 0) is 43.7 Å². The molecule has 0 aliphatic heterocycles. The molecule has 1 N–H and O–H groups in total. The minimum Gasteiger partial charge on any atom is -0.469 e. The maximum absolute atomic E-state index is 12.3. The van der Waals surface area contributed by atoms with Crippen molar-refractivity contribution in [1.29, 1.82) is 0 Å². The topological polar surface area (TPSA) is 84.9 Å². The number of hydrogen-bond acceptors (Lipinski definition) is 6. The number of methoxy groups -OCH3 is 1. The Labute approximate surface area is 170 Å². The van der Waals surface area contributed by atoms with E-state index in [-0.39, 0.29) is 12.4 Å². The molecule has 2 amide bonds. The summed E-state index contributed by atoms with van der Waals surface area (Å²) < 4.78 is 10.5. The van der Waals surface area contributed by atoms with Crippen LogP contribution < -0.4 is 10.1 Å². The van der Waals surface area contributed by atoms with E-state index in [9.17, 15) is 14.4 Å². The van der Waals surface area contributed by atoms with E-state index in [1.165, 1.54) is 7.11 Å². The SMILES string of the molecule is COC(=O)CCN(Cc1ccc(Oc2ccccc2)cc1)C(C)(C)C(=O)NC=O. The van der Waals surface area contributed by atoms with Crippen molar-refractivity contribution in [1.82, 2.24) is 10.2 Å². The zero-order valence-electron chi connectivity index (χ0n) is 16.9. The Morgan fingerprint density at radius 3 is 2.24 bits per heavy atom. The monoisotopic (exact) mass is 398 g/mol. The number of esters is 1. The first-order valence-electron chi connectivity index (χ1n) is 9.25. The van der Waals surface area contributed by atoms with Gasteiger partial charge in [0.2, 0.25) is 12.3 Å². The maximum atomic E-state index is 12.3. The second kappa shape index (κ2) is 10.4. The van der Waals surface area contributed by atoms with Gasteiger partial charge in [0, 0.05) is 13.1 Å². The predicted molar refractivity (Wildman–Crippen MR) is 108 cm³/mol. The first kappa shape index (κ1) is 22.1. The second-order valence-corrected chi connectivity index (χ2v) is 6.96. The van der Waals surface area contributed by atoms with Crippen molar-refractivity contribution in [3.63, 3.8) is 0 Å². The van der Waals surface area contributed by atoms with Crippen LogP contribution in [-0.4, -0.2) is 42.4 Å². The molecule has 29 heavy (non-hydrogen) atoms. The molecule has 0 unspecified atom stereocenters. The lowest BCUT2D eigenvalue weighted by molar-refractivity contribution is -0.143. The Morgan fingerprint density at radius 1 is 1.03 bits per heavy atom. The first-order valence-corrected chi connectivity index (χ1v) is 9.25. The number of hydrogen-bond donors (Lipinski definition) is 1. The zero-order chi connectivity index (χ0) is 21.3. The first-order chi connectivity index (χ1) is 13.9. The number of ether oxygens (including phenoxy) is 2. The highest BCUT2D eigenvalue weighted by Crippen LogP contribution is 2.23. The highest BCUT2D eigenvalue weighted by atomic mass is 16.5. The second-order valence-electron chi connectivity index (χ2n) is 6.96. The number of benzene rings is 2. The minimum absolute atomic E-state index is 0.128. The summed E-state index contributed by atoms with van der Waals surface area (Å²) in [4.78, 5) is 36.5. The van der Waals surface area contributed by atoms with Crippen molar-refractivity contribution in [2.75, 3.05) is 13.7 Å². The van der Waals surface area contributed by atoms with Crippen LogP contribution in [0.5, 0.6) is 11.5 Å². The van der Waals surface area contributed by atoms with Gasteiger partial charge in [0.1, 0.15) is 11.5 Å². The van der Waals surface area contributed by atoms with Gasteiger partial charge in [-0.3, -0.25) is 24.6 Å². The summed E-state index contributed by atoms with van der Waals surface area (Å²) in [6.45, 7) is 4.11. The van der Waals surface area contributed by atoms with Crippen LogP contribution in [0.25, 0.3) is 0 Å². The van der Waals surface area contributed by atoms with Gasteiger partial charge in [-0.1, -0.05) is 30.3 Å². The molecule has 0 saturated heterocycles. The molecule has 0 bridgehead atoms. The Morgan fingerprint density at radius 2 is 1.66 bits per heavy atom. The highest BCUT2D eigenvalue weighted by Gasteiger charge is 2.34. The number of nitrogens with zero attached hydrogens (tertiary/aromatic N) is 1. The number of nitrogens with one attached hydrogen (secondary N) is 1. The molecule has 2 rings (SSSR count). The molecular weight excluding hydrogens is 372 g/mol. The average molecular weight is 398 g/mol. The molecule has 0 radical (unpaired) electrons. The third kappa shape index (κ3) is 6.43. The Kier molecular flexibility index (Phi) is 7.91. The number of rotatable bonds is 10. The number of imide groups is 1. The zero-order valence-corrected chi connectivity index (χ0v) is 16.9. The van der Waals surface area contributed by atoms with Gasteiger partial charge in [0.25, 0.3) is 0 Å². The standard InChI is InChI=1S/C22H26N2O5/c1-22(2,21(27)23-16-25)24(14-13-20(26)28-3)15-17-9-11-19(12-10-17)29-18-7-5-4-6-8-18/h4-12,16H,13-15H2,1-3H3,(H,23,25,27). The fourth-order valence-electron chi connectivity index (χ4n) is 2.77. The van der Waals surface area contributed by atoms with Crippen molar-refractivity contribution in [3.8, 4) is 11.5 Å². The fraction of sp³-hybridized carbons (Fsp3) is 0.318. The molecule has 0 fully saturated rings. The number of carbonyl (C=O) groups is 3. The number of carbonyl (C=O) groups excluding carboxylic acids is 3. The van der Waals surface area contributed by atoms with E-state index in [2.05, 4.69) is 5.32 Å². The molecule has 0 saturated carbocycles. The molecule has 0 aromatic heterocycles. The van der Waals surface area contributed by atoms with Crippen LogP contribution in [0, 0.1) is 0 Å². The minimum atomic E-state index is -1.01. The van der Waals surface area contributed by atoms with Crippen LogP contribution in [0.4, 0.5) is 0 Å². The third-order valence-corrected chi connectivity index (χ3v) is 4.63. The van der Waals surface area contributed by atoms with E-state index in [4.69, 9.17) is 9.47 Å². The van der Waals surface area contributed by atoms with Crippen molar-refractivity contribution < 1.29 is 23.9 Å². The summed E-state index contributed by atoms with van der Waals surface area (Å²) in [5.41, 5.74) is -0.0732. The van der Waals surface area contributed by atoms with Gasteiger partial charge in [-0.15, -0.1) is 0 Å². The predicted octanol–water partition coefficient (Wildman–Crippen LogP) is 2.90. The van der Waals surface area contributed by atoms with Gasteiger partial charge in [-0.25, -0.2) is 0 Å². The molecule has 7 nitrogen and oxygen atoms in total. The van der Waals surface area contributed by atoms with E-state index < -0.39 is 11.4 Å². The van der Waals surface area contributed by atoms with Crippen LogP contribution in [0.15, 0.2) is 54.6 Å². The summed E-state index contributed by atoms with van der Waals surface area (Å²) in [7, 11) is 1.32. The Bertz CT molecular complexity index is 819. The highest BCUT2D eigenvalue weighted by molar-refractivity contribution is 5.92. The van der Waals surface area contributed by atoms with Crippen molar-refractivity contribution in [2.24, 2.45) is 0 Å². The molecule has 2 aromatic rings. The largest absolute Gasteiger partial charge is 0.469 e. The number of para-hydroxylation sites is 1. The molecule has 2 aromatic carbocycles. The van der Waals surface area contributed by atoms with Crippen LogP contribution in [0.1, 0.15) is 25.8 Å². The van der Waals surface area contributed by atoms with Crippen LogP contribution in [-0.2, 0) is 25.7 Å². The normalized spacial score (nSPS) is 11.0. The van der Waals surface area contributed by atoms with E-state index >= 15 is 0 Å². The lowest BCUT2D eigenvalue weighted by Crippen LogP contribution is -2.54. The van der Waals surface area contributed by atoms with Gasteiger partial charge in [0.15, 0.2) is 0 Å². The van der Waals surface area contributed by atoms with E-state index in [0.29, 0.717) is 25.2 Å². The molecule has 0 aliphatic rings. The van der Waals surface area contributed by atoms with Crippen LogP contribution in [0.2, 0.25) is 0 Å². The van der Waals surface area contributed by atoms with Gasteiger partial charge in [0.05, 0.1) is 19.1 Å². The number of amides is 2. The summed E-state index contributed by atoms with van der Waals surface area (Å²) in [6.07, 6.45) is 0.488. The van der Waals surface area contributed by atoms with E-state index in [0.717, 1.165) is 11.3 Å². The molecule has 0 atom stereocenters. The Hall–Kier alpha value is -3.19. The van der Waals surface area contributed by atoms with Crippen molar-refractivity contribution in [3.05, 3.63) is 60.2 Å². The van der Waals surface area contributed by atoms with Gasteiger partial charge >= 0.3 is 5.97 Å². The summed E-state index contributed by atoms with van der Waals surface area (Å²) in [5.74, 6) is 0.625. The molecule has 0 aliphatic carbocycles. The molecule has 0 heterocycles.